The molecule has 1 nitrogen and oxygen atoms in total. The van der Waals surface area contributed by atoms with Gasteiger partial charge in [0.15, 0.2) is 0 Å². The molecule has 0 aliphatic heterocycles. The topological polar surface area (TPSA) is 20.2 Å². The zero-order valence-corrected chi connectivity index (χ0v) is 11.6. The highest BCUT2D eigenvalue weighted by Gasteiger charge is 2.33. The molecule has 0 aliphatic rings. The molecule has 0 aliphatic carbocycles. The number of rotatable bonds is 4. The SMILES string of the molecule is CC(O)(CCCC(F)(F)F)c1c(F)ccc(Br)c1F. The molecule has 1 unspecified atom stereocenters. The third kappa shape index (κ3) is 4.42. The molecule has 0 amide bonds. The summed E-state index contributed by atoms with van der Waals surface area (Å²) in [5, 5.41) is 10.0. The third-order valence-corrected chi connectivity index (χ3v) is 3.32. The molecule has 19 heavy (non-hydrogen) atoms. The van der Waals surface area contributed by atoms with Gasteiger partial charge in [0.2, 0.25) is 0 Å². The minimum atomic E-state index is -4.36. The van der Waals surface area contributed by atoms with E-state index in [4.69, 9.17) is 0 Å². The highest BCUT2D eigenvalue weighted by Crippen LogP contribution is 2.35. The normalized spacial score (nSPS) is 15.4. The van der Waals surface area contributed by atoms with Crippen molar-refractivity contribution in [2.24, 2.45) is 0 Å². The van der Waals surface area contributed by atoms with Gasteiger partial charge in [-0.2, -0.15) is 13.2 Å². The van der Waals surface area contributed by atoms with Gasteiger partial charge in [0.25, 0.3) is 0 Å². The Labute approximate surface area is 115 Å². The highest BCUT2D eigenvalue weighted by molar-refractivity contribution is 9.10. The van der Waals surface area contributed by atoms with Crippen LogP contribution in [-0.2, 0) is 5.60 Å². The van der Waals surface area contributed by atoms with Gasteiger partial charge in [0, 0.05) is 6.42 Å². The number of hydrogen-bond donors (Lipinski definition) is 1. The van der Waals surface area contributed by atoms with Crippen LogP contribution in [0.4, 0.5) is 22.0 Å². The molecule has 0 saturated heterocycles. The maximum atomic E-state index is 13.8. The van der Waals surface area contributed by atoms with Gasteiger partial charge in [-0.05, 0) is 47.8 Å². The van der Waals surface area contributed by atoms with Crippen molar-refractivity contribution in [3.8, 4) is 0 Å². The van der Waals surface area contributed by atoms with Crippen molar-refractivity contribution < 1.29 is 27.1 Å². The van der Waals surface area contributed by atoms with Crippen molar-refractivity contribution in [3.05, 3.63) is 33.8 Å². The lowest BCUT2D eigenvalue weighted by Gasteiger charge is -2.25. The van der Waals surface area contributed by atoms with Crippen molar-refractivity contribution in [2.75, 3.05) is 0 Å². The lowest BCUT2D eigenvalue weighted by atomic mass is 9.89. The zero-order chi connectivity index (χ0) is 14.8. The molecular formula is C12H12BrF5O. The molecule has 0 radical (unpaired) electrons. The molecule has 1 rings (SSSR count). The first kappa shape index (κ1) is 16.4. The summed E-state index contributed by atoms with van der Waals surface area (Å²) in [4.78, 5) is 0. The van der Waals surface area contributed by atoms with E-state index in [-0.39, 0.29) is 4.47 Å². The van der Waals surface area contributed by atoms with E-state index in [9.17, 15) is 27.1 Å². The van der Waals surface area contributed by atoms with Crippen molar-refractivity contribution in [3.63, 3.8) is 0 Å². The smallest absolute Gasteiger partial charge is 0.385 e. The molecule has 0 bridgehead atoms. The second-order valence-corrected chi connectivity index (χ2v) is 5.32. The number of halogens is 6. The van der Waals surface area contributed by atoms with Gasteiger partial charge in [-0.15, -0.1) is 0 Å². The average molecular weight is 347 g/mol. The van der Waals surface area contributed by atoms with Crippen LogP contribution in [0.3, 0.4) is 0 Å². The maximum Gasteiger partial charge on any atom is 0.389 e. The molecule has 0 spiro atoms. The van der Waals surface area contributed by atoms with E-state index in [0.717, 1.165) is 19.1 Å². The molecule has 7 heteroatoms. The summed E-state index contributed by atoms with van der Waals surface area (Å²) in [6, 6.07) is 2.07. The minimum absolute atomic E-state index is 0.0556. The second-order valence-electron chi connectivity index (χ2n) is 4.46. The van der Waals surface area contributed by atoms with E-state index in [1.807, 2.05) is 0 Å². The number of benzene rings is 1. The summed E-state index contributed by atoms with van der Waals surface area (Å²) in [5.41, 5.74) is -2.62. The summed E-state index contributed by atoms with van der Waals surface area (Å²) in [6.45, 7) is 1.09. The molecule has 1 N–H and O–H groups in total. The van der Waals surface area contributed by atoms with E-state index in [2.05, 4.69) is 15.9 Å². The lowest BCUT2D eigenvalue weighted by molar-refractivity contribution is -0.137. The fourth-order valence-corrected chi connectivity index (χ4v) is 2.11. The quantitative estimate of drug-likeness (QED) is 0.620. The van der Waals surface area contributed by atoms with Gasteiger partial charge in [0.1, 0.15) is 11.6 Å². The molecular weight excluding hydrogens is 335 g/mol. The van der Waals surface area contributed by atoms with Crippen LogP contribution in [0.25, 0.3) is 0 Å². The van der Waals surface area contributed by atoms with Gasteiger partial charge >= 0.3 is 6.18 Å². The molecule has 108 valence electrons. The Bertz CT molecular complexity index is 456. The van der Waals surface area contributed by atoms with Crippen molar-refractivity contribution in [2.45, 2.75) is 38.0 Å². The van der Waals surface area contributed by atoms with Crippen LogP contribution in [0.2, 0.25) is 0 Å². The maximum absolute atomic E-state index is 13.8. The van der Waals surface area contributed by atoms with Crippen LogP contribution in [0.15, 0.2) is 16.6 Å². The van der Waals surface area contributed by atoms with Crippen molar-refractivity contribution in [1.82, 2.24) is 0 Å². The summed E-state index contributed by atoms with van der Waals surface area (Å²) in [7, 11) is 0. The Kier molecular flexibility index (Phi) is 4.95. The minimum Gasteiger partial charge on any atom is -0.385 e. The van der Waals surface area contributed by atoms with E-state index in [1.54, 1.807) is 0 Å². The standard InChI is InChI=1S/C12H12BrF5O/c1-11(19,5-2-6-12(16,17)18)9-8(14)4-3-7(13)10(9)15/h3-4,19H,2,5-6H2,1H3. The fourth-order valence-electron chi connectivity index (χ4n) is 1.78. The van der Waals surface area contributed by atoms with Gasteiger partial charge < -0.3 is 5.11 Å². The summed E-state index contributed by atoms with van der Waals surface area (Å²) < 4.78 is 63.3. The van der Waals surface area contributed by atoms with E-state index < -0.39 is 48.2 Å². The fraction of sp³-hybridized carbons (Fsp3) is 0.500. The molecule has 0 aromatic heterocycles. The number of aliphatic hydroxyl groups is 1. The average Bonchev–Trinajstić information content (AvgIpc) is 2.21. The van der Waals surface area contributed by atoms with Crippen LogP contribution in [-0.4, -0.2) is 11.3 Å². The van der Waals surface area contributed by atoms with Crippen LogP contribution < -0.4 is 0 Å². The first-order valence-corrected chi connectivity index (χ1v) is 6.27. The van der Waals surface area contributed by atoms with Crippen LogP contribution >= 0.6 is 15.9 Å². The Morgan fingerprint density at radius 3 is 2.26 bits per heavy atom. The van der Waals surface area contributed by atoms with Gasteiger partial charge in [-0.3, -0.25) is 0 Å². The van der Waals surface area contributed by atoms with Gasteiger partial charge in [-0.25, -0.2) is 8.78 Å². The Morgan fingerprint density at radius 2 is 1.74 bits per heavy atom. The van der Waals surface area contributed by atoms with Crippen LogP contribution in [0.1, 0.15) is 31.7 Å². The Balaban J connectivity index is 2.91. The first-order chi connectivity index (χ1) is 8.54. The third-order valence-electron chi connectivity index (χ3n) is 2.71. The zero-order valence-electron chi connectivity index (χ0n) is 9.99. The van der Waals surface area contributed by atoms with Crippen LogP contribution in [0.5, 0.6) is 0 Å². The van der Waals surface area contributed by atoms with Crippen molar-refractivity contribution >= 4 is 15.9 Å². The Morgan fingerprint density at radius 1 is 1.16 bits per heavy atom. The first-order valence-electron chi connectivity index (χ1n) is 5.48. The molecule has 0 heterocycles. The number of hydrogen-bond acceptors (Lipinski definition) is 1. The highest BCUT2D eigenvalue weighted by atomic mass is 79.9. The summed E-state index contributed by atoms with van der Waals surface area (Å²) in [6.07, 6.45) is -6.27. The van der Waals surface area contributed by atoms with E-state index in [0.29, 0.717) is 0 Å². The van der Waals surface area contributed by atoms with E-state index in [1.165, 1.54) is 0 Å². The second kappa shape index (κ2) is 5.75. The van der Waals surface area contributed by atoms with E-state index >= 15 is 0 Å². The molecule has 0 saturated carbocycles. The largest absolute Gasteiger partial charge is 0.389 e. The molecule has 1 aromatic carbocycles. The molecule has 1 aromatic rings. The summed E-state index contributed by atoms with van der Waals surface area (Å²) >= 11 is 2.84. The predicted octanol–water partition coefficient (Wildman–Crippen LogP) is 4.67. The summed E-state index contributed by atoms with van der Waals surface area (Å²) in [5.74, 6) is -1.99. The lowest BCUT2D eigenvalue weighted by Crippen LogP contribution is -2.25. The van der Waals surface area contributed by atoms with Crippen molar-refractivity contribution in [1.29, 1.82) is 0 Å². The van der Waals surface area contributed by atoms with Gasteiger partial charge in [0.05, 0.1) is 15.6 Å². The van der Waals surface area contributed by atoms with Gasteiger partial charge in [-0.1, -0.05) is 0 Å². The predicted molar refractivity (Wildman–Crippen MR) is 63.5 cm³/mol. The Hall–Kier alpha value is -0.690. The monoisotopic (exact) mass is 346 g/mol. The molecule has 0 fully saturated rings. The van der Waals surface area contributed by atoms with Crippen LogP contribution in [0, 0.1) is 11.6 Å². The molecule has 1 atom stereocenters. The number of alkyl halides is 3.